The predicted octanol–water partition coefficient (Wildman–Crippen LogP) is 2.47. The number of sulfonamides is 1. The molecule has 5 rings (SSSR count). The summed E-state index contributed by atoms with van der Waals surface area (Å²) >= 11 is 0. The molecule has 2 fully saturated rings. The molecule has 0 radical (unpaired) electrons. The molecule has 0 atom stereocenters. The van der Waals surface area contributed by atoms with Crippen LogP contribution in [0.3, 0.4) is 0 Å². The van der Waals surface area contributed by atoms with Gasteiger partial charge in [-0.05, 0) is 43.2 Å². The first-order chi connectivity index (χ1) is 13.0. The Labute approximate surface area is 160 Å². The standard InChI is InChI=1S/C20H26N4O2S/c1-22-13-17(12-21-22)14-23-10-8-20(9-11-23)18-4-2-3-5-19(18)24(27(20,25)26)15-16-6-7-16/h2-5,12-13,16H,6-11,14-15H2,1H3. The predicted molar refractivity (Wildman–Crippen MR) is 105 cm³/mol. The summed E-state index contributed by atoms with van der Waals surface area (Å²) in [6, 6.07) is 7.98. The number of para-hydroxylation sites is 1. The summed E-state index contributed by atoms with van der Waals surface area (Å²) in [4.78, 5) is 2.35. The highest BCUT2D eigenvalue weighted by molar-refractivity contribution is 7.94. The number of aromatic nitrogens is 2. The van der Waals surface area contributed by atoms with Crippen molar-refractivity contribution in [3.63, 3.8) is 0 Å². The summed E-state index contributed by atoms with van der Waals surface area (Å²) in [5.41, 5.74) is 3.12. The van der Waals surface area contributed by atoms with E-state index >= 15 is 0 Å². The van der Waals surface area contributed by atoms with Crippen molar-refractivity contribution in [1.29, 1.82) is 0 Å². The molecule has 1 aromatic heterocycles. The average Bonchev–Trinajstić information content (AvgIpc) is 3.37. The maximum absolute atomic E-state index is 13.7. The van der Waals surface area contributed by atoms with Crippen LogP contribution in [0.1, 0.15) is 36.8 Å². The Kier molecular flexibility index (Phi) is 3.88. The highest BCUT2D eigenvalue weighted by Gasteiger charge is 2.57. The number of nitrogens with zero attached hydrogens (tertiary/aromatic N) is 4. The molecular weight excluding hydrogens is 360 g/mol. The number of piperidine rings is 1. The molecule has 0 bridgehead atoms. The number of benzene rings is 1. The van der Waals surface area contributed by atoms with E-state index in [9.17, 15) is 8.42 Å². The fourth-order valence-corrected chi connectivity index (χ4v) is 7.09. The molecule has 7 heteroatoms. The van der Waals surface area contributed by atoms with Crippen molar-refractivity contribution in [2.24, 2.45) is 13.0 Å². The maximum atomic E-state index is 13.7. The molecule has 1 aromatic carbocycles. The van der Waals surface area contributed by atoms with E-state index in [0.29, 0.717) is 25.3 Å². The number of hydrogen-bond acceptors (Lipinski definition) is 4. The molecule has 3 heterocycles. The minimum atomic E-state index is -3.37. The number of hydrogen-bond donors (Lipinski definition) is 0. The van der Waals surface area contributed by atoms with E-state index in [4.69, 9.17) is 0 Å². The van der Waals surface area contributed by atoms with Gasteiger partial charge in [-0.15, -0.1) is 0 Å². The van der Waals surface area contributed by atoms with E-state index in [1.165, 1.54) is 5.56 Å². The van der Waals surface area contributed by atoms with Gasteiger partial charge < -0.3 is 0 Å². The highest BCUT2D eigenvalue weighted by Crippen LogP contribution is 2.53. The second kappa shape index (κ2) is 6.07. The lowest BCUT2D eigenvalue weighted by atomic mass is 9.87. The first kappa shape index (κ1) is 17.3. The zero-order valence-electron chi connectivity index (χ0n) is 15.7. The van der Waals surface area contributed by atoms with Crippen molar-refractivity contribution in [3.8, 4) is 0 Å². The quantitative estimate of drug-likeness (QED) is 0.810. The maximum Gasteiger partial charge on any atom is 0.245 e. The number of rotatable bonds is 4. The molecule has 6 nitrogen and oxygen atoms in total. The van der Waals surface area contributed by atoms with E-state index in [2.05, 4.69) is 10.00 Å². The monoisotopic (exact) mass is 386 g/mol. The van der Waals surface area contributed by atoms with Crippen LogP contribution < -0.4 is 4.31 Å². The number of likely N-dealkylation sites (tertiary alicyclic amines) is 1. The third-order valence-electron chi connectivity index (χ3n) is 6.40. The second-order valence-electron chi connectivity index (χ2n) is 8.29. The molecule has 0 unspecified atom stereocenters. The summed E-state index contributed by atoms with van der Waals surface area (Å²) in [6.07, 6.45) is 7.55. The lowest BCUT2D eigenvalue weighted by molar-refractivity contribution is 0.189. The van der Waals surface area contributed by atoms with Crippen LogP contribution in [0, 0.1) is 5.92 Å². The van der Waals surface area contributed by atoms with Crippen molar-refractivity contribution in [2.45, 2.75) is 37.0 Å². The third-order valence-corrected chi connectivity index (χ3v) is 8.94. The number of aryl methyl sites for hydroxylation is 1. The Bertz CT molecular complexity index is 956. The molecule has 1 spiro atoms. The van der Waals surface area contributed by atoms with Crippen LogP contribution in [-0.4, -0.2) is 42.7 Å². The lowest BCUT2D eigenvalue weighted by Crippen LogP contribution is -2.48. The smallest absolute Gasteiger partial charge is 0.245 e. The van der Waals surface area contributed by atoms with Gasteiger partial charge in [-0.3, -0.25) is 13.9 Å². The van der Waals surface area contributed by atoms with Gasteiger partial charge in [0.2, 0.25) is 10.0 Å². The first-order valence-electron chi connectivity index (χ1n) is 9.81. The summed E-state index contributed by atoms with van der Waals surface area (Å²) in [5.74, 6) is 0.536. The first-order valence-corrected chi connectivity index (χ1v) is 11.3. The molecule has 2 aliphatic heterocycles. The SMILES string of the molecule is Cn1cc(CN2CCC3(CC2)c2ccccc2N(CC2CC2)S3(=O)=O)cn1. The molecule has 2 aromatic rings. The minimum absolute atomic E-state index is 0.536. The van der Waals surface area contributed by atoms with Gasteiger partial charge in [-0.25, -0.2) is 8.42 Å². The van der Waals surface area contributed by atoms with Gasteiger partial charge in [0.25, 0.3) is 0 Å². The largest absolute Gasteiger partial charge is 0.299 e. The van der Waals surface area contributed by atoms with Gasteiger partial charge in [-0.2, -0.15) is 5.10 Å². The van der Waals surface area contributed by atoms with E-state index in [1.807, 2.05) is 48.4 Å². The normalized spacial score (nSPS) is 23.7. The summed E-state index contributed by atoms with van der Waals surface area (Å²) < 4.78 is 30.1. The van der Waals surface area contributed by atoms with Crippen LogP contribution >= 0.6 is 0 Å². The summed E-state index contributed by atoms with van der Waals surface area (Å²) in [7, 11) is -1.44. The van der Waals surface area contributed by atoms with Crippen LogP contribution in [0.2, 0.25) is 0 Å². The molecule has 0 N–H and O–H groups in total. The van der Waals surface area contributed by atoms with E-state index in [-0.39, 0.29) is 0 Å². The number of anilines is 1. The molecule has 1 saturated heterocycles. The zero-order chi connectivity index (χ0) is 18.6. The van der Waals surface area contributed by atoms with E-state index in [1.54, 1.807) is 4.31 Å². The van der Waals surface area contributed by atoms with E-state index in [0.717, 1.165) is 43.7 Å². The topological polar surface area (TPSA) is 58.4 Å². The van der Waals surface area contributed by atoms with Gasteiger partial charge in [0.15, 0.2) is 0 Å². The van der Waals surface area contributed by atoms with Gasteiger partial charge in [0.1, 0.15) is 4.75 Å². The van der Waals surface area contributed by atoms with Gasteiger partial charge in [-0.1, -0.05) is 18.2 Å². The highest BCUT2D eigenvalue weighted by atomic mass is 32.2. The molecule has 3 aliphatic rings. The Balaban J connectivity index is 1.42. The Morgan fingerprint density at radius 1 is 1.19 bits per heavy atom. The summed E-state index contributed by atoms with van der Waals surface area (Å²) in [6.45, 7) is 3.07. The van der Waals surface area contributed by atoms with Gasteiger partial charge in [0.05, 0.1) is 11.9 Å². The fourth-order valence-electron chi connectivity index (χ4n) is 4.70. The number of fused-ring (bicyclic) bond motifs is 2. The zero-order valence-corrected chi connectivity index (χ0v) is 16.5. The van der Waals surface area contributed by atoms with Gasteiger partial charge >= 0.3 is 0 Å². The molecular formula is C20H26N4O2S. The van der Waals surface area contributed by atoms with Crippen molar-refractivity contribution >= 4 is 15.7 Å². The molecule has 0 amide bonds. The second-order valence-corrected chi connectivity index (χ2v) is 10.5. The van der Waals surface area contributed by atoms with Crippen LogP contribution in [0.4, 0.5) is 5.69 Å². The molecule has 1 aliphatic carbocycles. The van der Waals surface area contributed by atoms with Crippen LogP contribution in [0.5, 0.6) is 0 Å². The van der Waals surface area contributed by atoms with Crippen LogP contribution in [-0.2, 0) is 28.4 Å². The average molecular weight is 387 g/mol. The van der Waals surface area contributed by atoms with Crippen molar-refractivity contribution < 1.29 is 8.42 Å². The van der Waals surface area contributed by atoms with E-state index < -0.39 is 14.8 Å². The lowest BCUT2D eigenvalue weighted by Gasteiger charge is -2.39. The molecule has 1 saturated carbocycles. The van der Waals surface area contributed by atoms with Crippen molar-refractivity contribution in [3.05, 3.63) is 47.8 Å². The Morgan fingerprint density at radius 2 is 1.93 bits per heavy atom. The van der Waals surface area contributed by atoms with Crippen molar-refractivity contribution in [2.75, 3.05) is 23.9 Å². The third kappa shape index (κ3) is 2.70. The van der Waals surface area contributed by atoms with Crippen molar-refractivity contribution in [1.82, 2.24) is 14.7 Å². The minimum Gasteiger partial charge on any atom is -0.299 e. The Morgan fingerprint density at radius 3 is 2.59 bits per heavy atom. The van der Waals surface area contributed by atoms with Gasteiger partial charge in [0, 0.05) is 45.0 Å². The molecule has 144 valence electrons. The molecule has 27 heavy (non-hydrogen) atoms. The van der Waals surface area contributed by atoms with Crippen LogP contribution in [0.25, 0.3) is 0 Å². The fraction of sp³-hybridized carbons (Fsp3) is 0.550. The summed E-state index contributed by atoms with van der Waals surface area (Å²) in [5, 5.41) is 4.24. The van der Waals surface area contributed by atoms with Crippen LogP contribution in [0.15, 0.2) is 36.7 Å². The Hall–Kier alpha value is -1.86.